The molecule has 1 aliphatic carbocycles. The van der Waals surface area contributed by atoms with Gasteiger partial charge >= 0.3 is 5.97 Å². The Hall–Kier alpha value is -1.40. The molecule has 0 heterocycles. The lowest BCUT2D eigenvalue weighted by Crippen LogP contribution is -2.40. The van der Waals surface area contributed by atoms with Crippen molar-refractivity contribution in [2.24, 2.45) is 11.1 Å². The van der Waals surface area contributed by atoms with Crippen molar-refractivity contribution in [2.45, 2.75) is 25.7 Å². The van der Waals surface area contributed by atoms with E-state index in [4.69, 9.17) is 10.8 Å². The smallest absolute Gasteiger partial charge is 0.337 e. The van der Waals surface area contributed by atoms with Gasteiger partial charge in [-0.05, 0) is 52.9 Å². The van der Waals surface area contributed by atoms with Gasteiger partial charge in [0, 0.05) is 10.9 Å². The van der Waals surface area contributed by atoms with Crippen LogP contribution < -0.4 is 11.1 Å². The Morgan fingerprint density at radius 2 is 2.10 bits per heavy atom. The van der Waals surface area contributed by atoms with Crippen LogP contribution in [-0.4, -0.2) is 23.5 Å². The van der Waals surface area contributed by atoms with Gasteiger partial charge in [0.05, 0.1) is 11.3 Å². The number of anilines is 1. The van der Waals surface area contributed by atoms with Crippen molar-refractivity contribution >= 4 is 33.5 Å². The minimum atomic E-state index is -1.07. The molecule has 4 N–H and O–H groups in total. The van der Waals surface area contributed by atoms with Crippen LogP contribution >= 0.6 is 15.9 Å². The van der Waals surface area contributed by atoms with Crippen LogP contribution in [-0.2, 0) is 4.79 Å². The highest BCUT2D eigenvalue weighted by Gasteiger charge is 2.37. The summed E-state index contributed by atoms with van der Waals surface area (Å²) < 4.78 is 0.557. The summed E-state index contributed by atoms with van der Waals surface area (Å²) in [6, 6.07) is 4.78. The Kier molecular flexibility index (Phi) is 4.45. The fourth-order valence-electron chi connectivity index (χ4n) is 2.48. The molecule has 1 aromatic carbocycles. The quantitative estimate of drug-likeness (QED) is 0.768. The van der Waals surface area contributed by atoms with Crippen molar-refractivity contribution in [2.75, 3.05) is 11.9 Å². The molecule has 1 aliphatic rings. The number of hydrogen-bond donors (Lipinski definition) is 3. The molecule has 0 saturated heterocycles. The van der Waals surface area contributed by atoms with Crippen molar-refractivity contribution < 1.29 is 14.7 Å². The maximum Gasteiger partial charge on any atom is 0.337 e. The highest BCUT2D eigenvalue weighted by atomic mass is 79.9. The molecule has 0 spiro atoms. The first-order valence-electron chi connectivity index (χ1n) is 6.49. The molecule has 20 heavy (non-hydrogen) atoms. The first-order chi connectivity index (χ1) is 9.47. The Morgan fingerprint density at radius 1 is 1.40 bits per heavy atom. The molecule has 0 atom stereocenters. The number of para-hydroxylation sites is 1. The zero-order chi connectivity index (χ0) is 14.8. The van der Waals surface area contributed by atoms with E-state index >= 15 is 0 Å². The molecule has 1 fully saturated rings. The zero-order valence-electron chi connectivity index (χ0n) is 11.0. The fourth-order valence-corrected chi connectivity index (χ4v) is 2.95. The predicted molar refractivity (Wildman–Crippen MR) is 79.7 cm³/mol. The average molecular weight is 341 g/mol. The van der Waals surface area contributed by atoms with Gasteiger partial charge in [-0.1, -0.05) is 12.5 Å². The van der Waals surface area contributed by atoms with Gasteiger partial charge in [0.1, 0.15) is 0 Å². The van der Waals surface area contributed by atoms with Gasteiger partial charge in [0.25, 0.3) is 0 Å². The van der Waals surface area contributed by atoms with Crippen molar-refractivity contribution in [3.8, 4) is 0 Å². The molecule has 0 unspecified atom stereocenters. The number of carboxylic acids is 1. The summed E-state index contributed by atoms with van der Waals surface area (Å²) in [4.78, 5) is 23.3. The van der Waals surface area contributed by atoms with E-state index in [1.165, 1.54) is 6.07 Å². The van der Waals surface area contributed by atoms with Crippen LogP contribution in [0.15, 0.2) is 22.7 Å². The monoisotopic (exact) mass is 340 g/mol. The van der Waals surface area contributed by atoms with Crippen LogP contribution in [0.2, 0.25) is 0 Å². The van der Waals surface area contributed by atoms with Crippen molar-refractivity contribution in [1.29, 1.82) is 0 Å². The second kappa shape index (κ2) is 5.93. The average Bonchev–Trinajstić information content (AvgIpc) is 2.36. The summed E-state index contributed by atoms with van der Waals surface area (Å²) in [6.07, 6.45) is 3.35. The fraction of sp³-hybridized carbons (Fsp3) is 0.429. The second-order valence-corrected chi connectivity index (χ2v) is 6.10. The highest BCUT2D eigenvalue weighted by molar-refractivity contribution is 9.10. The van der Waals surface area contributed by atoms with E-state index < -0.39 is 5.97 Å². The van der Waals surface area contributed by atoms with E-state index in [1.807, 2.05) is 0 Å². The summed E-state index contributed by atoms with van der Waals surface area (Å²) in [7, 11) is 0. The highest BCUT2D eigenvalue weighted by Crippen LogP contribution is 2.43. The number of halogens is 1. The molecule has 1 aromatic rings. The lowest BCUT2D eigenvalue weighted by molar-refractivity contribution is -0.119. The lowest BCUT2D eigenvalue weighted by Gasteiger charge is -2.40. The van der Waals surface area contributed by atoms with Gasteiger partial charge in [-0.3, -0.25) is 4.79 Å². The number of nitrogens with two attached hydrogens (primary N) is 1. The van der Waals surface area contributed by atoms with Crippen LogP contribution in [0, 0.1) is 5.41 Å². The zero-order valence-corrected chi connectivity index (χ0v) is 12.6. The first kappa shape index (κ1) is 15.0. The van der Waals surface area contributed by atoms with Crippen LogP contribution in [0.25, 0.3) is 0 Å². The van der Waals surface area contributed by atoms with Crippen molar-refractivity contribution in [3.05, 3.63) is 28.2 Å². The Balaban J connectivity index is 2.13. The number of rotatable bonds is 5. The molecular weight excluding hydrogens is 324 g/mol. The number of hydrogen-bond acceptors (Lipinski definition) is 3. The summed E-state index contributed by atoms with van der Waals surface area (Å²) in [5.41, 5.74) is 6.01. The van der Waals surface area contributed by atoms with Crippen LogP contribution in [0.3, 0.4) is 0 Å². The first-order valence-corrected chi connectivity index (χ1v) is 7.28. The van der Waals surface area contributed by atoms with E-state index in [1.54, 1.807) is 12.1 Å². The van der Waals surface area contributed by atoms with E-state index in [0.29, 0.717) is 23.1 Å². The Bertz CT molecular complexity index is 536. The second-order valence-electron chi connectivity index (χ2n) is 5.25. The molecule has 1 amide bonds. The van der Waals surface area contributed by atoms with Crippen LogP contribution in [0.5, 0.6) is 0 Å². The van der Waals surface area contributed by atoms with Gasteiger partial charge in [0.15, 0.2) is 0 Å². The Labute approximate surface area is 125 Å². The summed E-state index contributed by atoms with van der Waals surface area (Å²) in [5.74, 6) is -1.26. The summed E-state index contributed by atoms with van der Waals surface area (Å²) >= 11 is 3.27. The molecule has 1 saturated carbocycles. The largest absolute Gasteiger partial charge is 0.478 e. The number of benzene rings is 1. The van der Waals surface area contributed by atoms with Crippen molar-refractivity contribution in [1.82, 2.24) is 0 Å². The maximum atomic E-state index is 12.1. The standard InChI is InChI=1S/C14H17BrN2O3/c15-10-4-1-3-9(13(19)20)12(10)17-11(18)7-14(8-16)5-2-6-14/h1,3-4H,2,5-8,16H2,(H,17,18)(H,19,20). The normalized spacial score (nSPS) is 16.3. The number of nitrogens with one attached hydrogen (secondary N) is 1. The van der Waals surface area contributed by atoms with E-state index in [9.17, 15) is 9.59 Å². The third-order valence-corrected chi connectivity index (χ3v) is 4.55. The molecule has 0 aromatic heterocycles. The SMILES string of the molecule is NCC1(CC(=O)Nc2c(Br)cccc2C(=O)O)CCC1. The minimum Gasteiger partial charge on any atom is -0.478 e. The van der Waals surface area contributed by atoms with Gasteiger partial charge in [-0.2, -0.15) is 0 Å². The summed E-state index contributed by atoms with van der Waals surface area (Å²) in [5, 5.41) is 11.8. The number of aromatic carboxylic acids is 1. The van der Waals surface area contributed by atoms with E-state index in [2.05, 4.69) is 21.2 Å². The number of carbonyl (C=O) groups excluding carboxylic acids is 1. The predicted octanol–water partition coefficient (Wildman–Crippen LogP) is 2.60. The van der Waals surface area contributed by atoms with Gasteiger partial charge in [-0.25, -0.2) is 4.79 Å². The Morgan fingerprint density at radius 3 is 2.60 bits per heavy atom. The minimum absolute atomic E-state index is 0.0723. The molecule has 6 heteroatoms. The molecule has 0 aliphatic heterocycles. The van der Waals surface area contributed by atoms with E-state index in [0.717, 1.165) is 19.3 Å². The van der Waals surface area contributed by atoms with E-state index in [-0.39, 0.29) is 16.9 Å². The molecule has 0 bridgehead atoms. The molecule has 0 radical (unpaired) electrons. The van der Waals surface area contributed by atoms with Crippen LogP contribution in [0.4, 0.5) is 5.69 Å². The number of carbonyl (C=O) groups is 2. The van der Waals surface area contributed by atoms with Crippen molar-refractivity contribution in [3.63, 3.8) is 0 Å². The third kappa shape index (κ3) is 3.02. The van der Waals surface area contributed by atoms with Gasteiger partial charge < -0.3 is 16.2 Å². The van der Waals surface area contributed by atoms with Gasteiger partial charge in [-0.15, -0.1) is 0 Å². The molecule has 108 valence electrons. The molecular formula is C14H17BrN2O3. The molecule has 2 rings (SSSR count). The third-order valence-electron chi connectivity index (χ3n) is 3.89. The van der Waals surface area contributed by atoms with Crippen LogP contribution in [0.1, 0.15) is 36.0 Å². The summed E-state index contributed by atoms with van der Waals surface area (Å²) in [6.45, 7) is 0.488. The van der Waals surface area contributed by atoms with Gasteiger partial charge in [0.2, 0.25) is 5.91 Å². The number of amides is 1. The number of carboxylic acid groups (broad SMARTS) is 1. The topological polar surface area (TPSA) is 92.4 Å². The lowest BCUT2D eigenvalue weighted by atomic mass is 9.66. The molecule has 5 nitrogen and oxygen atoms in total. The maximum absolute atomic E-state index is 12.1.